The van der Waals surface area contributed by atoms with Gasteiger partial charge in [0.25, 0.3) is 5.91 Å². The fourth-order valence-corrected chi connectivity index (χ4v) is 2.52. The van der Waals surface area contributed by atoms with Gasteiger partial charge in [0.2, 0.25) is 5.91 Å². The number of alkyl halides is 3. The van der Waals surface area contributed by atoms with Gasteiger partial charge in [-0.25, -0.2) is 0 Å². The number of primary amides is 1. The SMILES string of the molecule is NC(=O)c1ccc2cc(C(=O)Nc3cccc(C(F)(F)F)c3)ccc2c1. The van der Waals surface area contributed by atoms with Crippen LogP contribution in [0.5, 0.6) is 0 Å². The molecule has 0 aliphatic rings. The summed E-state index contributed by atoms with van der Waals surface area (Å²) in [6.07, 6.45) is -4.48. The Bertz CT molecular complexity index is 1010. The fourth-order valence-electron chi connectivity index (χ4n) is 2.52. The van der Waals surface area contributed by atoms with Gasteiger partial charge in [-0.05, 0) is 53.2 Å². The van der Waals surface area contributed by atoms with E-state index in [4.69, 9.17) is 5.73 Å². The summed E-state index contributed by atoms with van der Waals surface area (Å²) < 4.78 is 38.2. The van der Waals surface area contributed by atoms with Crippen LogP contribution in [0.15, 0.2) is 60.7 Å². The molecule has 0 aliphatic carbocycles. The Morgan fingerprint density at radius 2 is 1.46 bits per heavy atom. The van der Waals surface area contributed by atoms with Crippen molar-refractivity contribution in [1.29, 1.82) is 0 Å². The Balaban J connectivity index is 1.86. The Morgan fingerprint density at radius 1 is 0.846 bits per heavy atom. The number of halogens is 3. The molecule has 26 heavy (non-hydrogen) atoms. The number of carbonyl (C=O) groups excluding carboxylic acids is 2. The standard InChI is InChI=1S/C19H13F3N2O2/c20-19(21,22)15-2-1-3-16(10-15)24-18(26)14-7-5-11-8-13(17(23)25)6-4-12(11)9-14/h1-10H,(H2,23,25)(H,24,26). The first-order valence-electron chi connectivity index (χ1n) is 7.56. The van der Waals surface area contributed by atoms with Gasteiger partial charge in [-0.2, -0.15) is 13.2 Å². The predicted octanol–water partition coefficient (Wildman–Crippen LogP) is 4.21. The molecule has 0 aliphatic heterocycles. The van der Waals surface area contributed by atoms with E-state index < -0.39 is 23.6 Å². The minimum Gasteiger partial charge on any atom is -0.366 e. The number of nitrogens with one attached hydrogen (secondary N) is 1. The minimum absolute atomic E-state index is 0.0500. The predicted molar refractivity (Wildman–Crippen MR) is 91.9 cm³/mol. The summed E-state index contributed by atoms with van der Waals surface area (Å²) in [5, 5.41) is 3.87. The Morgan fingerprint density at radius 3 is 2.08 bits per heavy atom. The molecular weight excluding hydrogens is 345 g/mol. The molecule has 3 N–H and O–H groups in total. The van der Waals surface area contributed by atoms with E-state index in [0.29, 0.717) is 10.9 Å². The molecule has 3 aromatic rings. The highest BCUT2D eigenvalue weighted by molar-refractivity contribution is 6.07. The van der Waals surface area contributed by atoms with Gasteiger partial charge in [0.05, 0.1) is 5.56 Å². The number of hydrogen-bond donors (Lipinski definition) is 2. The Hall–Kier alpha value is -3.35. The molecule has 0 saturated heterocycles. The van der Waals surface area contributed by atoms with E-state index in [1.165, 1.54) is 18.2 Å². The maximum Gasteiger partial charge on any atom is 0.416 e. The number of amides is 2. The molecule has 0 bridgehead atoms. The van der Waals surface area contributed by atoms with Gasteiger partial charge in [0, 0.05) is 16.8 Å². The number of anilines is 1. The molecule has 4 nitrogen and oxygen atoms in total. The molecule has 0 saturated carbocycles. The summed E-state index contributed by atoms with van der Waals surface area (Å²) >= 11 is 0. The topological polar surface area (TPSA) is 72.2 Å². The number of nitrogens with two attached hydrogens (primary N) is 1. The van der Waals surface area contributed by atoms with Crippen LogP contribution in [-0.2, 0) is 6.18 Å². The van der Waals surface area contributed by atoms with Crippen molar-refractivity contribution in [2.24, 2.45) is 5.73 Å². The number of benzene rings is 3. The summed E-state index contributed by atoms with van der Waals surface area (Å²) in [5.74, 6) is -1.09. The van der Waals surface area contributed by atoms with Crippen LogP contribution >= 0.6 is 0 Å². The lowest BCUT2D eigenvalue weighted by atomic mass is 10.0. The quantitative estimate of drug-likeness (QED) is 0.736. The summed E-state index contributed by atoms with van der Waals surface area (Å²) in [6, 6.07) is 14.0. The maximum absolute atomic E-state index is 12.7. The highest BCUT2D eigenvalue weighted by atomic mass is 19.4. The van der Waals surface area contributed by atoms with E-state index in [1.807, 2.05) is 0 Å². The summed E-state index contributed by atoms with van der Waals surface area (Å²) in [5.41, 5.74) is 5.06. The zero-order chi connectivity index (χ0) is 18.9. The van der Waals surface area contributed by atoms with E-state index in [0.717, 1.165) is 17.5 Å². The van der Waals surface area contributed by atoms with Crippen molar-refractivity contribution in [3.05, 3.63) is 77.4 Å². The van der Waals surface area contributed by atoms with Crippen LogP contribution < -0.4 is 11.1 Å². The zero-order valence-corrected chi connectivity index (χ0v) is 13.3. The summed E-state index contributed by atoms with van der Waals surface area (Å²) in [7, 11) is 0. The normalized spacial score (nSPS) is 11.3. The van der Waals surface area contributed by atoms with E-state index in [9.17, 15) is 22.8 Å². The molecule has 3 rings (SSSR count). The van der Waals surface area contributed by atoms with Crippen LogP contribution in [0.1, 0.15) is 26.3 Å². The molecule has 0 aromatic heterocycles. The van der Waals surface area contributed by atoms with Gasteiger partial charge in [0.1, 0.15) is 0 Å². The Kier molecular flexibility index (Phi) is 4.38. The number of rotatable bonds is 3. The summed E-state index contributed by atoms with van der Waals surface area (Å²) in [4.78, 5) is 23.5. The van der Waals surface area contributed by atoms with Gasteiger partial charge in [-0.3, -0.25) is 9.59 Å². The van der Waals surface area contributed by atoms with Crippen molar-refractivity contribution in [1.82, 2.24) is 0 Å². The minimum atomic E-state index is -4.48. The van der Waals surface area contributed by atoms with E-state index in [2.05, 4.69) is 5.32 Å². The molecule has 132 valence electrons. The number of fused-ring (bicyclic) bond motifs is 1. The van der Waals surface area contributed by atoms with Crippen LogP contribution in [-0.4, -0.2) is 11.8 Å². The first-order chi connectivity index (χ1) is 12.2. The van der Waals surface area contributed by atoms with Crippen molar-refractivity contribution < 1.29 is 22.8 Å². The molecule has 0 heterocycles. The first-order valence-corrected chi connectivity index (χ1v) is 7.56. The number of hydrogen-bond acceptors (Lipinski definition) is 2. The van der Waals surface area contributed by atoms with Crippen LogP contribution in [0.3, 0.4) is 0 Å². The van der Waals surface area contributed by atoms with Gasteiger partial charge >= 0.3 is 6.18 Å². The second kappa shape index (κ2) is 6.51. The fraction of sp³-hybridized carbons (Fsp3) is 0.0526. The second-order valence-corrected chi connectivity index (χ2v) is 5.67. The van der Waals surface area contributed by atoms with Gasteiger partial charge in [0.15, 0.2) is 0 Å². The van der Waals surface area contributed by atoms with Gasteiger partial charge < -0.3 is 11.1 Å². The molecule has 7 heteroatoms. The van der Waals surface area contributed by atoms with Crippen molar-refractivity contribution in [3.63, 3.8) is 0 Å². The van der Waals surface area contributed by atoms with Crippen molar-refractivity contribution in [3.8, 4) is 0 Å². The zero-order valence-electron chi connectivity index (χ0n) is 13.3. The second-order valence-electron chi connectivity index (χ2n) is 5.67. The molecule has 0 radical (unpaired) electrons. The highest BCUT2D eigenvalue weighted by Crippen LogP contribution is 2.30. The average molecular weight is 358 g/mol. The lowest BCUT2D eigenvalue weighted by Gasteiger charge is -2.10. The lowest BCUT2D eigenvalue weighted by molar-refractivity contribution is -0.137. The molecule has 0 fully saturated rings. The third-order valence-electron chi connectivity index (χ3n) is 3.83. The van der Waals surface area contributed by atoms with E-state index in [-0.39, 0.29) is 11.3 Å². The van der Waals surface area contributed by atoms with Gasteiger partial charge in [-0.15, -0.1) is 0 Å². The van der Waals surface area contributed by atoms with Crippen molar-refractivity contribution >= 4 is 28.3 Å². The van der Waals surface area contributed by atoms with Gasteiger partial charge in [-0.1, -0.05) is 18.2 Å². The van der Waals surface area contributed by atoms with Crippen LogP contribution in [0.4, 0.5) is 18.9 Å². The first kappa shape index (κ1) is 17.5. The largest absolute Gasteiger partial charge is 0.416 e. The van der Waals surface area contributed by atoms with Crippen molar-refractivity contribution in [2.75, 3.05) is 5.32 Å². The number of carbonyl (C=O) groups is 2. The molecule has 3 aromatic carbocycles. The Labute approximate surface area is 146 Å². The monoisotopic (exact) mass is 358 g/mol. The van der Waals surface area contributed by atoms with Crippen LogP contribution in [0.2, 0.25) is 0 Å². The molecule has 0 spiro atoms. The maximum atomic E-state index is 12.7. The molecule has 0 atom stereocenters. The van der Waals surface area contributed by atoms with Crippen molar-refractivity contribution in [2.45, 2.75) is 6.18 Å². The highest BCUT2D eigenvalue weighted by Gasteiger charge is 2.30. The smallest absolute Gasteiger partial charge is 0.366 e. The lowest BCUT2D eigenvalue weighted by Crippen LogP contribution is -2.13. The van der Waals surface area contributed by atoms with E-state index >= 15 is 0 Å². The van der Waals surface area contributed by atoms with Crippen LogP contribution in [0.25, 0.3) is 10.8 Å². The van der Waals surface area contributed by atoms with E-state index in [1.54, 1.807) is 30.3 Å². The average Bonchev–Trinajstić information content (AvgIpc) is 2.60. The third-order valence-corrected chi connectivity index (χ3v) is 3.83. The van der Waals surface area contributed by atoms with Crippen LogP contribution in [0, 0.1) is 0 Å². The third kappa shape index (κ3) is 3.66. The summed E-state index contributed by atoms with van der Waals surface area (Å²) in [6.45, 7) is 0. The molecular formula is C19H13F3N2O2. The molecule has 2 amide bonds. The molecule has 0 unspecified atom stereocenters.